The van der Waals surface area contributed by atoms with Crippen LogP contribution in [0, 0.1) is 0 Å². The lowest BCUT2D eigenvalue weighted by molar-refractivity contribution is -0.143. The van der Waals surface area contributed by atoms with Crippen LogP contribution in [0.25, 0.3) is 0 Å². The topological polar surface area (TPSA) is 88.5 Å². The molecule has 0 aliphatic heterocycles. The minimum absolute atomic E-state index is 0.115. The van der Waals surface area contributed by atoms with Crippen molar-refractivity contribution >= 4 is 17.3 Å². The average molecular weight is 323 g/mol. The summed E-state index contributed by atoms with van der Waals surface area (Å²) in [6.45, 7) is 0.210. The van der Waals surface area contributed by atoms with E-state index in [2.05, 4.69) is 25.6 Å². The first kappa shape index (κ1) is 15.3. The maximum atomic E-state index is 12.3. The summed E-state index contributed by atoms with van der Waals surface area (Å²) in [7, 11) is 0. The molecule has 1 atom stereocenters. The molecule has 114 valence electrons. The van der Waals surface area contributed by atoms with Crippen molar-refractivity contribution in [3.8, 4) is 0 Å². The lowest BCUT2D eigenvalue weighted by atomic mass is 10.3. The number of nitrogens with zero attached hydrogens (tertiary/aromatic N) is 4. The molecule has 2 aromatic heterocycles. The molecule has 0 bridgehead atoms. The van der Waals surface area contributed by atoms with Crippen LogP contribution in [0.2, 0.25) is 5.02 Å². The second kappa shape index (κ2) is 5.72. The van der Waals surface area contributed by atoms with Crippen LogP contribution in [0.4, 0.5) is 18.9 Å². The summed E-state index contributed by atoms with van der Waals surface area (Å²) in [5.74, 6) is 0.477. The molecule has 0 saturated carbocycles. The Bertz CT molecular complexity index is 668. The average Bonchev–Trinajstić information content (AvgIpc) is 2.91. The number of rotatable bonds is 4. The third-order valence-electron chi connectivity index (χ3n) is 2.53. The molecule has 0 radical (unpaired) electrons. The van der Waals surface area contributed by atoms with Crippen molar-refractivity contribution in [2.75, 3.05) is 5.32 Å². The number of halogens is 4. The maximum Gasteiger partial charge on any atom is 0.408 e. The Kier molecular flexibility index (Phi) is 4.16. The molecular formula is C10H10ClF3N6O. The van der Waals surface area contributed by atoms with E-state index in [4.69, 9.17) is 11.6 Å². The molecule has 1 unspecified atom stereocenters. The summed E-state index contributed by atoms with van der Waals surface area (Å²) >= 11 is 5.78. The molecule has 2 N–H and O–H groups in total. The predicted octanol–water partition coefficient (Wildman–Crippen LogP) is 1.75. The molecule has 7 nitrogen and oxygen atoms in total. The van der Waals surface area contributed by atoms with Crippen molar-refractivity contribution < 1.29 is 13.2 Å². The van der Waals surface area contributed by atoms with Gasteiger partial charge in [-0.3, -0.25) is 9.89 Å². The van der Waals surface area contributed by atoms with Gasteiger partial charge in [0.1, 0.15) is 23.7 Å². The number of H-pyrrole nitrogens is 1. The van der Waals surface area contributed by atoms with Crippen LogP contribution < -0.4 is 10.9 Å². The van der Waals surface area contributed by atoms with Crippen molar-refractivity contribution in [1.29, 1.82) is 0 Å². The largest absolute Gasteiger partial charge is 0.408 e. The highest BCUT2D eigenvalue weighted by Crippen LogP contribution is 2.22. The highest BCUT2D eigenvalue weighted by molar-refractivity contribution is 6.32. The van der Waals surface area contributed by atoms with Gasteiger partial charge in [-0.1, -0.05) is 11.6 Å². The molecule has 11 heteroatoms. The summed E-state index contributed by atoms with van der Waals surface area (Å²) in [5, 5.41) is 12.2. The summed E-state index contributed by atoms with van der Waals surface area (Å²) in [6.07, 6.45) is -2.20. The van der Waals surface area contributed by atoms with Crippen LogP contribution in [-0.4, -0.2) is 31.1 Å². The molecule has 0 amide bonds. The first-order valence-corrected chi connectivity index (χ1v) is 6.10. The van der Waals surface area contributed by atoms with E-state index in [0.29, 0.717) is 5.82 Å². The first-order valence-electron chi connectivity index (χ1n) is 5.72. The molecule has 2 rings (SSSR count). The van der Waals surface area contributed by atoms with Gasteiger partial charge < -0.3 is 5.32 Å². The molecule has 0 fully saturated rings. The minimum atomic E-state index is -4.55. The second-order valence-electron chi connectivity index (χ2n) is 4.19. The lowest BCUT2D eigenvalue weighted by Crippen LogP contribution is -2.31. The number of alkyl halides is 3. The van der Waals surface area contributed by atoms with Crippen LogP contribution in [0.3, 0.4) is 0 Å². The third kappa shape index (κ3) is 3.72. The van der Waals surface area contributed by atoms with E-state index in [1.807, 2.05) is 0 Å². The summed E-state index contributed by atoms with van der Waals surface area (Å²) in [5.41, 5.74) is -0.909. The Hall–Kier alpha value is -2.10. The normalized spacial score (nSPS) is 13.2. The monoisotopic (exact) mass is 322 g/mol. The van der Waals surface area contributed by atoms with Gasteiger partial charge in [0.2, 0.25) is 0 Å². The Balaban J connectivity index is 2.23. The smallest absolute Gasteiger partial charge is 0.373 e. The second-order valence-corrected chi connectivity index (χ2v) is 4.56. The Labute approximate surface area is 121 Å². The quantitative estimate of drug-likeness (QED) is 0.895. The highest BCUT2D eigenvalue weighted by atomic mass is 35.5. The Morgan fingerprint density at radius 1 is 1.52 bits per heavy atom. The summed E-state index contributed by atoms with van der Waals surface area (Å²) in [6, 6.07) is -0.385. The predicted molar refractivity (Wildman–Crippen MR) is 68.0 cm³/mol. The van der Waals surface area contributed by atoms with Crippen LogP contribution in [0.1, 0.15) is 18.8 Å². The van der Waals surface area contributed by atoms with Crippen LogP contribution >= 0.6 is 11.6 Å². The van der Waals surface area contributed by atoms with E-state index in [9.17, 15) is 18.0 Å². The fourth-order valence-electron chi connectivity index (χ4n) is 1.57. The molecule has 0 saturated heterocycles. The van der Waals surface area contributed by atoms with E-state index in [1.54, 1.807) is 6.92 Å². The Morgan fingerprint density at radius 3 is 2.81 bits per heavy atom. The van der Waals surface area contributed by atoms with Gasteiger partial charge in [-0.15, -0.1) is 0 Å². The lowest BCUT2D eigenvalue weighted by Gasteiger charge is -2.14. The van der Waals surface area contributed by atoms with Gasteiger partial charge in [0.05, 0.1) is 17.9 Å². The Morgan fingerprint density at radius 2 is 2.24 bits per heavy atom. The van der Waals surface area contributed by atoms with E-state index >= 15 is 0 Å². The van der Waals surface area contributed by atoms with Crippen molar-refractivity contribution in [1.82, 2.24) is 25.0 Å². The van der Waals surface area contributed by atoms with Gasteiger partial charge in [-0.05, 0) is 6.92 Å². The molecule has 2 aromatic rings. The zero-order chi connectivity index (χ0) is 15.6. The summed E-state index contributed by atoms with van der Waals surface area (Å²) < 4.78 is 37.1. The number of hydrogen-bond acceptors (Lipinski definition) is 5. The molecular weight excluding hydrogens is 313 g/mol. The van der Waals surface area contributed by atoms with Gasteiger partial charge in [0, 0.05) is 0 Å². The molecule has 0 aromatic carbocycles. The van der Waals surface area contributed by atoms with Crippen molar-refractivity contribution in [2.45, 2.75) is 25.7 Å². The SMILES string of the molecule is CC(Nc1cnn(CC(F)(F)F)c(=O)c1Cl)c1ncn[nH]1. The van der Waals surface area contributed by atoms with E-state index in [1.165, 1.54) is 6.33 Å². The van der Waals surface area contributed by atoms with Gasteiger partial charge in [0.25, 0.3) is 5.56 Å². The van der Waals surface area contributed by atoms with E-state index in [-0.39, 0.29) is 21.4 Å². The minimum Gasteiger partial charge on any atom is -0.373 e. The van der Waals surface area contributed by atoms with Crippen molar-refractivity contribution in [2.24, 2.45) is 0 Å². The van der Waals surface area contributed by atoms with Gasteiger partial charge in [0.15, 0.2) is 0 Å². The highest BCUT2D eigenvalue weighted by Gasteiger charge is 2.29. The zero-order valence-electron chi connectivity index (χ0n) is 10.6. The molecule has 0 aliphatic carbocycles. The van der Waals surface area contributed by atoms with E-state index < -0.39 is 18.3 Å². The molecule has 0 aliphatic rings. The zero-order valence-corrected chi connectivity index (χ0v) is 11.4. The number of hydrogen-bond donors (Lipinski definition) is 2. The van der Waals surface area contributed by atoms with Crippen LogP contribution in [-0.2, 0) is 6.54 Å². The number of anilines is 1. The van der Waals surface area contributed by atoms with Gasteiger partial charge in [-0.25, -0.2) is 9.67 Å². The van der Waals surface area contributed by atoms with E-state index in [0.717, 1.165) is 6.20 Å². The van der Waals surface area contributed by atoms with Crippen molar-refractivity contribution in [3.05, 3.63) is 33.7 Å². The number of nitrogens with one attached hydrogen (secondary N) is 2. The fourth-order valence-corrected chi connectivity index (χ4v) is 1.77. The molecule has 0 spiro atoms. The van der Waals surface area contributed by atoms with Gasteiger partial charge >= 0.3 is 6.18 Å². The standard InChI is InChI=1S/C10H10ClF3N6O/c1-5(8-15-4-16-19-8)18-6-2-17-20(3-10(12,13)14)9(21)7(6)11/h2,4-5,18H,3H2,1H3,(H,15,16,19). The van der Waals surface area contributed by atoms with Crippen LogP contribution in [0.15, 0.2) is 17.3 Å². The van der Waals surface area contributed by atoms with Gasteiger partial charge in [-0.2, -0.15) is 23.4 Å². The third-order valence-corrected chi connectivity index (χ3v) is 2.90. The molecule has 21 heavy (non-hydrogen) atoms. The molecule has 2 heterocycles. The fraction of sp³-hybridized carbons (Fsp3) is 0.400. The first-order chi connectivity index (χ1) is 9.78. The maximum absolute atomic E-state index is 12.3. The number of aromatic nitrogens is 5. The summed E-state index contributed by atoms with van der Waals surface area (Å²) in [4.78, 5) is 15.6. The van der Waals surface area contributed by atoms with Crippen molar-refractivity contribution in [3.63, 3.8) is 0 Å². The number of aromatic amines is 1. The van der Waals surface area contributed by atoms with Crippen LogP contribution in [0.5, 0.6) is 0 Å².